The van der Waals surface area contributed by atoms with Crippen LogP contribution in [0.25, 0.3) is 22.2 Å². The Morgan fingerprint density at radius 2 is 1.81 bits per heavy atom. The van der Waals surface area contributed by atoms with E-state index in [-0.39, 0.29) is 6.03 Å². The third-order valence-corrected chi connectivity index (χ3v) is 4.24. The van der Waals surface area contributed by atoms with Gasteiger partial charge in [0.05, 0.1) is 18.5 Å². The van der Waals surface area contributed by atoms with Crippen LogP contribution in [-0.2, 0) is 0 Å². The van der Waals surface area contributed by atoms with E-state index in [1.54, 1.807) is 43.8 Å². The maximum Gasteiger partial charge on any atom is 0.323 e. The fraction of sp³-hybridized carbons (Fsp3) is 0.0476. The van der Waals surface area contributed by atoms with Crippen LogP contribution in [0, 0.1) is 0 Å². The fourth-order valence-corrected chi connectivity index (χ4v) is 2.95. The number of amides is 2. The first kappa shape index (κ1) is 16.7. The lowest BCUT2D eigenvalue weighted by Gasteiger charge is -2.10. The van der Waals surface area contributed by atoms with E-state index in [0.29, 0.717) is 11.4 Å². The Kier molecular flexibility index (Phi) is 4.45. The molecule has 0 aliphatic rings. The summed E-state index contributed by atoms with van der Waals surface area (Å²) in [6.07, 6.45) is 3.48. The fourth-order valence-electron chi connectivity index (χ4n) is 2.95. The number of nitrogens with one attached hydrogen (secondary N) is 3. The summed E-state index contributed by atoms with van der Waals surface area (Å²) in [5, 5.41) is 6.74. The Morgan fingerprint density at radius 1 is 1.00 bits per heavy atom. The highest BCUT2D eigenvalue weighted by atomic mass is 16.5. The number of methoxy groups -OCH3 is 1. The highest BCUT2D eigenvalue weighted by Gasteiger charge is 2.15. The second kappa shape index (κ2) is 7.21. The van der Waals surface area contributed by atoms with Crippen molar-refractivity contribution in [3.8, 4) is 17.0 Å². The number of carbonyl (C=O) groups is 1. The van der Waals surface area contributed by atoms with Crippen molar-refractivity contribution < 1.29 is 9.53 Å². The molecule has 0 bridgehead atoms. The van der Waals surface area contributed by atoms with Gasteiger partial charge in [-0.3, -0.25) is 4.98 Å². The first-order chi connectivity index (χ1) is 13.2. The molecule has 6 nitrogen and oxygen atoms in total. The molecule has 0 unspecified atom stereocenters. The molecule has 0 spiro atoms. The van der Waals surface area contributed by atoms with Crippen molar-refractivity contribution in [3.63, 3.8) is 0 Å². The van der Waals surface area contributed by atoms with Gasteiger partial charge in [0.25, 0.3) is 0 Å². The molecule has 134 valence electrons. The number of H-pyrrole nitrogens is 1. The number of hydrogen-bond donors (Lipinski definition) is 3. The van der Waals surface area contributed by atoms with Crippen molar-refractivity contribution in [2.24, 2.45) is 0 Å². The molecule has 0 radical (unpaired) electrons. The first-order valence-electron chi connectivity index (χ1n) is 8.48. The minimum absolute atomic E-state index is 0.324. The molecule has 27 heavy (non-hydrogen) atoms. The van der Waals surface area contributed by atoms with Crippen LogP contribution in [0.5, 0.6) is 5.75 Å². The summed E-state index contributed by atoms with van der Waals surface area (Å²) in [5.41, 5.74) is 4.04. The van der Waals surface area contributed by atoms with Gasteiger partial charge in [-0.1, -0.05) is 18.2 Å². The van der Waals surface area contributed by atoms with Gasteiger partial charge in [0.1, 0.15) is 5.75 Å². The summed E-state index contributed by atoms with van der Waals surface area (Å²) in [6.45, 7) is 0. The zero-order valence-corrected chi connectivity index (χ0v) is 14.7. The summed E-state index contributed by atoms with van der Waals surface area (Å²) in [4.78, 5) is 20.1. The molecule has 0 saturated carbocycles. The standard InChI is InChI=1S/C21H18N4O2/c1-27-16-10-8-15(9-11-16)23-21(26)25-20-17-6-2-3-7-18(17)24-19(20)14-5-4-12-22-13-14/h2-13,24H,1H3,(H2,23,25,26). The van der Waals surface area contributed by atoms with Crippen molar-refractivity contribution in [1.29, 1.82) is 0 Å². The second-order valence-electron chi connectivity index (χ2n) is 5.97. The number of anilines is 2. The maximum atomic E-state index is 12.6. The predicted molar refractivity (Wildman–Crippen MR) is 107 cm³/mol. The molecule has 3 N–H and O–H groups in total. The van der Waals surface area contributed by atoms with Crippen LogP contribution in [0.2, 0.25) is 0 Å². The normalized spacial score (nSPS) is 10.6. The number of pyridine rings is 1. The van der Waals surface area contributed by atoms with Gasteiger partial charge in [0, 0.05) is 34.5 Å². The van der Waals surface area contributed by atoms with Crippen molar-refractivity contribution >= 4 is 28.3 Å². The van der Waals surface area contributed by atoms with Crippen molar-refractivity contribution in [2.45, 2.75) is 0 Å². The summed E-state index contributed by atoms with van der Waals surface area (Å²) < 4.78 is 5.13. The molecule has 0 saturated heterocycles. The largest absolute Gasteiger partial charge is 0.497 e. The molecule has 0 atom stereocenters. The quantitative estimate of drug-likeness (QED) is 0.486. The number of nitrogens with zero attached hydrogens (tertiary/aromatic N) is 1. The zero-order valence-electron chi connectivity index (χ0n) is 14.7. The van der Waals surface area contributed by atoms with E-state index in [4.69, 9.17) is 4.74 Å². The number of aromatic nitrogens is 2. The Bertz CT molecular complexity index is 1070. The van der Waals surface area contributed by atoms with Crippen molar-refractivity contribution in [1.82, 2.24) is 9.97 Å². The van der Waals surface area contributed by atoms with E-state index < -0.39 is 0 Å². The lowest BCUT2D eigenvalue weighted by Crippen LogP contribution is -2.19. The van der Waals surface area contributed by atoms with Gasteiger partial charge in [-0.2, -0.15) is 0 Å². The van der Waals surface area contributed by atoms with Crippen molar-refractivity contribution in [2.75, 3.05) is 17.7 Å². The predicted octanol–water partition coefficient (Wildman–Crippen LogP) is 4.88. The Hall–Kier alpha value is -3.80. The Morgan fingerprint density at radius 3 is 2.56 bits per heavy atom. The number of urea groups is 1. The van der Waals surface area contributed by atoms with E-state index in [1.165, 1.54) is 0 Å². The summed E-state index contributed by atoms with van der Waals surface area (Å²) in [5.74, 6) is 0.733. The molecule has 4 aromatic rings. The van der Waals surface area contributed by atoms with Gasteiger partial charge in [0.15, 0.2) is 0 Å². The third kappa shape index (κ3) is 3.46. The molecule has 2 amide bonds. The molecule has 2 heterocycles. The van der Waals surface area contributed by atoms with Gasteiger partial charge in [0.2, 0.25) is 0 Å². The van der Waals surface area contributed by atoms with Crippen LogP contribution in [0.15, 0.2) is 73.1 Å². The topological polar surface area (TPSA) is 79.0 Å². The van der Waals surface area contributed by atoms with Crippen LogP contribution in [0.4, 0.5) is 16.2 Å². The van der Waals surface area contributed by atoms with E-state index in [0.717, 1.165) is 27.9 Å². The van der Waals surface area contributed by atoms with Crippen molar-refractivity contribution in [3.05, 3.63) is 73.1 Å². The number of hydrogen-bond acceptors (Lipinski definition) is 3. The molecule has 2 aromatic heterocycles. The third-order valence-electron chi connectivity index (χ3n) is 4.24. The van der Waals surface area contributed by atoms with Crippen LogP contribution < -0.4 is 15.4 Å². The lowest BCUT2D eigenvalue weighted by molar-refractivity contribution is 0.262. The van der Waals surface area contributed by atoms with E-state index >= 15 is 0 Å². The lowest BCUT2D eigenvalue weighted by atomic mass is 10.1. The van der Waals surface area contributed by atoms with Crippen LogP contribution >= 0.6 is 0 Å². The molecule has 6 heteroatoms. The first-order valence-corrected chi connectivity index (χ1v) is 8.48. The number of para-hydroxylation sites is 1. The van der Waals surface area contributed by atoms with Gasteiger partial charge >= 0.3 is 6.03 Å². The zero-order chi connectivity index (χ0) is 18.6. The molecule has 4 rings (SSSR count). The Balaban J connectivity index is 1.65. The number of ether oxygens (including phenoxy) is 1. The second-order valence-corrected chi connectivity index (χ2v) is 5.97. The Labute approximate surface area is 156 Å². The summed E-state index contributed by atoms with van der Waals surface area (Å²) >= 11 is 0. The van der Waals surface area contributed by atoms with Crippen LogP contribution in [0.3, 0.4) is 0 Å². The monoisotopic (exact) mass is 358 g/mol. The number of rotatable bonds is 4. The van der Waals surface area contributed by atoms with Crippen LogP contribution in [-0.4, -0.2) is 23.1 Å². The average molecular weight is 358 g/mol. The smallest absolute Gasteiger partial charge is 0.323 e. The highest BCUT2D eigenvalue weighted by molar-refractivity contribution is 6.10. The van der Waals surface area contributed by atoms with Gasteiger partial charge in [-0.25, -0.2) is 4.79 Å². The average Bonchev–Trinajstić information content (AvgIpc) is 3.08. The minimum Gasteiger partial charge on any atom is -0.497 e. The number of benzene rings is 2. The SMILES string of the molecule is COc1ccc(NC(=O)Nc2c(-c3cccnc3)[nH]c3ccccc23)cc1. The van der Waals surface area contributed by atoms with E-state index in [9.17, 15) is 4.79 Å². The van der Waals surface area contributed by atoms with E-state index in [1.807, 2.05) is 36.4 Å². The molecule has 0 aliphatic heterocycles. The molecule has 0 aliphatic carbocycles. The maximum absolute atomic E-state index is 12.6. The molecular weight excluding hydrogens is 340 g/mol. The van der Waals surface area contributed by atoms with Crippen LogP contribution in [0.1, 0.15) is 0 Å². The minimum atomic E-state index is -0.324. The summed E-state index contributed by atoms with van der Waals surface area (Å²) in [7, 11) is 1.60. The van der Waals surface area contributed by atoms with Gasteiger partial charge in [-0.15, -0.1) is 0 Å². The van der Waals surface area contributed by atoms with E-state index in [2.05, 4.69) is 20.6 Å². The number of fused-ring (bicyclic) bond motifs is 1. The number of aromatic amines is 1. The molecule has 2 aromatic carbocycles. The number of carbonyl (C=O) groups excluding carboxylic acids is 1. The molecular formula is C21H18N4O2. The highest BCUT2D eigenvalue weighted by Crippen LogP contribution is 2.34. The van der Waals surface area contributed by atoms with Gasteiger partial charge < -0.3 is 20.4 Å². The molecule has 0 fully saturated rings. The summed E-state index contributed by atoms with van der Waals surface area (Å²) in [6, 6.07) is 18.5. The van der Waals surface area contributed by atoms with Gasteiger partial charge in [-0.05, 0) is 42.5 Å².